The highest BCUT2D eigenvalue weighted by atomic mass is 16.2. The summed E-state index contributed by atoms with van der Waals surface area (Å²) in [6.45, 7) is 5.13. The molecule has 0 aromatic carbocycles. The van der Waals surface area contributed by atoms with Gasteiger partial charge in [0.05, 0.1) is 6.54 Å². The molecule has 22 heavy (non-hydrogen) atoms. The van der Waals surface area contributed by atoms with Crippen molar-refractivity contribution in [1.82, 2.24) is 19.7 Å². The molecule has 1 aromatic heterocycles. The van der Waals surface area contributed by atoms with E-state index in [1.165, 1.54) is 5.69 Å². The third kappa shape index (κ3) is 5.42. The van der Waals surface area contributed by atoms with Crippen molar-refractivity contribution in [1.29, 1.82) is 0 Å². The van der Waals surface area contributed by atoms with Crippen molar-refractivity contribution >= 4 is 11.9 Å². The van der Waals surface area contributed by atoms with Crippen LogP contribution in [0.4, 0.5) is 0 Å². The summed E-state index contributed by atoms with van der Waals surface area (Å²) in [5.74, 6) is 0.751. The van der Waals surface area contributed by atoms with Crippen molar-refractivity contribution < 1.29 is 4.79 Å². The molecule has 1 N–H and O–H groups in total. The Bertz CT molecular complexity index is 506. The molecule has 1 atom stereocenters. The van der Waals surface area contributed by atoms with E-state index in [-0.39, 0.29) is 12.5 Å². The van der Waals surface area contributed by atoms with Gasteiger partial charge in [0.1, 0.15) is 6.54 Å². The third-order valence-corrected chi connectivity index (χ3v) is 3.66. The summed E-state index contributed by atoms with van der Waals surface area (Å²) >= 11 is 0. The summed E-state index contributed by atoms with van der Waals surface area (Å²) in [5.41, 5.74) is 1.19. The zero-order valence-corrected chi connectivity index (χ0v) is 14.6. The molecule has 0 aliphatic rings. The number of hydrogen-bond donors (Lipinski definition) is 1. The van der Waals surface area contributed by atoms with Crippen LogP contribution < -0.4 is 5.32 Å². The molecule has 124 valence electrons. The van der Waals surface area contributed by atoms with Crippen molar-refractivity contribution in [3.8, 4) is 0 Å². The molecule has 0 saturated heterocycles. The van der Waals surface area contributed by atoms with Crippen LogP contribution in [-0.4, -0.2) is 60.0 Å². The maximum atomic E-state index is 11.8. The summed E-state index contributed by atoms with van der Waals surface area (Å²) in [4.78, 5) is 19.8. The lowest BCUT2D eigenvalue weighted by atomic mass is 10.3. The molecule has 0 bridgehead atoms. The topological polar surface area (TPSA) is 52.9 Å². The van der Waals surface area contributed by atoms with E-state index < -0.39 is 0 Å². The van der Waals surface area contributed by atoms with Crippen LogP contribution in [0.15, 0.2) is 23.3 Å². The van der Waals surface area contributed by atoms with Crippen molar-refractivity contribution in [2.75, 3.05) is 27.7 Å². The lowest BCUT2D eigenvalue weighted by Gasteiger charge is -2.25. The highest BCUT2D eigenvalue weighted by Crippen LogP contribution is 2.04. The van der Waals surface area contributed by atoms with E-state index in [1.54, 1.807) is 19.0 Å². The van der Waals surface area contributed by atoms with Gasteiger partial charge in [-0.25, -0.2) is 4.99 Å². The zero-order valence-electron chi connectivity index (χ0n) is 14.6. The van der Waals surface area contributed by atoms with Crippen molar-refractivity contribution in [3.05, 3.63) is 24.0 Å². The summed E-state index contributed by atoms with van der Waals surface area (Å²) in [6, 6.07) is 4.42. The van der Waals surface area contributed by atoms with Crippen molar-refractivity contribution in [2.24, 2.45) is 12.0 Å². The minimum Gasteiger partial charge on any atom is -0.354 e. The summed E-state index contributed by atoms with van der Waals surface area (Å²) in [7, 11) is 7.50. The van der Waals surface area contributed by atoms with Gasteiger partial charge in [0.15, 0.2) is 5.96 Å². The second-order valence-corrected chi connectivity index (χ2v) is 5.85. The Balaban J connectivity index is 2.81. The van der Waals surface area contributed by atoms with Crippen molar-refractivity contribution in [2.45, 2.75) is 32.9 Å². The number of hydrogen-bond acceptors (Lipinski definition) is 2. The molecule has 1 amide bonds. The fourth-order valence-corrected chi connectivity index (χ4v) is 1.86. The number of aliphatic imine (C=N–C) groups is 1. The number of likely N-dealkylation sites (N-methyl/N-ethyl adjacent to an activating group) is 1. The van der Waals surface area contributed by atoms with Gasteiger partial charge in [-0.05, 0) is 25.5 Å². The Morgan fingerprint density at radius 1 is 1.41 bits per heavy atom. The Kier molecular flexibility index (Phi) is 6.95. The van der Waals surface area contributed by atoms with Crippen LogP contribution in [0.2, 0.25) is 0 Å². The second kappa shape index (κ2) is 8.46. The molecule has 0 aliphatic heterocycles. The molecule has 0 fully saturated rings. The van der Waals surface area contributed by atoms with E-state index >= 15 is 0 Å². The SMILES string of the molecule is CCC(C)NC(=NCC(=O)N(C)C)N(C)Cc1cccn1C. The van der Waals surface area contributed by atoms with Gasteiger partial charge < -0.3 is 19.7 Å². The van der Waals surface area contributed by atoms with Gasteiger partial charge in [-0.1, -0.05) is 6.92 Å². The van der Waals surface area contributed by atoms with Crippen molar-refractivity contribution in [3.63, 3.8) is 0 Å². The number of carbonyl (C=O) groups is 1. The Labute approximate surface area is 133 Å². The number of aromatic nitrogens is 1. The van der Waals surface area contributed by atoms with Gasteiger partial charge in [0, 0.05) is 46.1 Å². The Morgan fingerprint density at radius 2 is 2.09 bits per heavy atom. The fraction of sp³-hybridized carbons (Fsp3) is 0.625. The van der Waals surface area contributed by atoms with Gasteiger partial charge in [0.2, 0.25) is 5.91 Å². The van der Waals surface area contributed by atoms with E-state index in [0.717, 1.165) is 18.9 Å². The van der Waals surface area contributed by atoms with E-state index in [1.807, 2.05) is 31.3 Å². The first-order valence-corrected chi connectivity index (χ1v) is 7.67. The second-order valence-electron chi connectivity index (χ2n) is 5.85. The maximum absolute atomic E-state index is 11.8. The van der Waals surface area contributed by atoms with E-state index in [4.69, 9.17) is 0 Å². The quantitative estimate of drug-likeness (QED) is 0.636. The molecule has 6 nitrogen and oxygen atoms in total. The molecule has 1 aromatic rings. The molecule has 0 aliphatic carbocycles. The van der Waals surface area contributed by atoms with Gasteiger partial charge in [0.25, 0.3) is 0 Å². The smallest absolute Gasteiger partial charge is 0.243 e. The standard InChI is InChI=1S/C16H29N5O/c1-7-13(2)18-16(17-11-15(22)19(3)4)21(6)12-14-9-8-10-20(14)5/h8-10,13H,7,11-12H2,1-6H3,(H,17,18). The first-order chi connectivity index (χ1) is 10.3. The van der Waals surface area contributed by atoms with Crippen LogP contribution in [0.1, 0.15) is 26.0 Å². The van der Waals surface area contributed by atoms with Crippen LogP contribution in [0.3, 0.4) is 0 Å². The Morgan fingerprint density at radius 3 is 2.59 bits per heavy atom. The number of rotatable bonds is 6. The monoisotopic (exact) mass is 307 g/mol. The summed E-state index contributed by atoms with van der Waals surface area (Å²) in [5, 5.41) is 3.39. The van der Waals surface area contributed by atoms with Gasteiger partial charge in [-0.15, -0.1) is 0 Å². The lowest BCUT2D eigenvalue weighted by Crippen LogP contribution is -2.43. The van der Waals surface area contributed by atoms with Crippen LogP contribution in [0.5, 0.6) is 0 Å². The first-order valence-electron chi connectivity index (χ1n) is 7.67. The predicted molar refractivity (Wildman–Crippen MR) is 90.8 cm³/mol. The van der Waals surface area contributed by atoms with E-state index in [2.05, 4.69) is 34.8 Å². The normalized spacial score (nSPS) is 12.9. The zero-order chi connectivity index (χ0) is 16.7. The largest absolute Gasteiger partial charge is 0.354 e. The molecular weight excluding hydrogens is 278 g/mol. The first kappa shape index (κ1) is 18.1. The average molecular weight is 307 g/mol. The predicted octanol–water partition coefficient (Wildman–Crippen LogP) is 1.29. The number of carbonyl (C=O) groups excluding carboxylic acids is 1. The molecule has 0 spiro atoms. The van der Waals surface area contributed by atoms with Gasteiger partial charge >= 0.3 is 0 Å². The Hall–Kier alpha value is -1.98. The molecule has 1 rings (SSSR count). The number of guanidine groups is 1. The number of aryl methyl sites for hydroxylation is 1. The maximum Gasteiger partial charge on any atom is 0.243 e. The molecular formula is C16H29N5O. The summed E-state index contributed by atoms with van der Waals surface area (Å²) in [6.07, 6.45) is 3.02. The van der Waals surface area contributed by atoms with Gasteiger partial charge in [-0.3, -0.25) is 4.79 Å². The number of nitrogens with one attached hydrogen (secondary N) is 1. The molecule has 6 heteroatoms. The molecule has 0 saturated carbocycles. The highest BCUT2D eigenvalue weighted by molar-refractivity contribution is 5.84. The van der Waals surface area contributed by atoms with Gasteiger partial charge in [-0.2, -0.15) is 0 Å². The third-order valence-electron chi connectivity index (χ3n) is 3.66. The number of nitrogens with zero attached hydrogens (tertiary/aromatic N) is 4. The van der Waals surface area contributed by atoms with Crippen LogP contribution >= 0.6 is 0 Å². The lowest BCUT2D eigenvalue weighted by molar-refractivity contribution is -0.127. The molecule has 1 heterocycles. The summed E-state index contributed by atoms with van der Waals surface area (Å²) < 4.78 is 2.09. The van der Waals surface area contributed by atoms with Crippen LogP contribution in [-0.2, 0) is 18.4 Å². The highest BCUT2D eigenvalue weighted by Gasteiger charge is 2.12. The van der Waals surface area contributed by atoms with E-state index in [9.17, 15) is 4.79 Å². The van der Waals surface area contributed by atoms with Crippen LogP contribution in [0.25, 0.3) is 0 Å². The fourth-order valence-electron chi connectivity index (χ4n) is 1.86. The molecule has 1 unspecified atom stereocenters. The minimum absolute atomic E-state index is 0.00396. The van der Waals surface area contributed by atoms with E-state index in [0.29, 0.717) is 6.04 Å². The average Bonchev–Trinajstić information content (AvgIpc) is 2.87. The number of amides is 1. The molecule has 0 radical (unpaired) electrons. The minimum atomic E-state index is -0.00396. The van der Waals surface area contributed by atoms with Crippen LogP contribution in [0, 0.1) is 0 Å².